The summed E-state index contributed by atoms with van der Waals surface area (Å²) in [5.41, 5.74) is 1.92. The Labute approximate surface area is 128 Å². The van der Waals surface area contributed by atoms with Crippen molar-refractivity contribution >= 4 is 23.2 Å². The van der Waals surface area contributed by atoms with Crippen molar-refractivity contribution in [3.05, 3.63) is 51.3 Å². The van der Waals surface area contributed by atoms with Gasteiger partial charge in [-0.1, -0.05) is 56.1 Å². The fourth-order valence-electron chi connectivity index (χ4n) is 1.98. The predicted octanol–water partition coefficient (Wildman–Crippen LogP) is 4.41. The van der Waals surface area contributed by atoms with E-state index in [1.165, 1.54) is 0 Å². The van der Waals surface area contributed by atoms with E-state index < -0.39 is 0 Å². The summed E-state index contributed by atoms with van der Waals surface area (Å²) >= 11 is 12.2. The van der Waals surface area contributed by atoms with E-state index in [9.17, 15) is 5.26 Å². The zero-order valence-electron chi connectivity index (χ0n) is 11.6. The molecule has 0 amide bonds. The van der Waals surface area contributed by atoms with Crippen LogP contribution in [0.2, 0.25) is 10.2 Å². The van der Waals surface area contributed by atoms with E-state index in [2.05, 4.69) is 11.2 Å². The molecule has 1 aromatic heterocycles. The van der Waals surface area contributed by atoms with Crippen LogP contribution in [0.15, 0.2) is 24.3 Å². The summed E-state index contributed by atoms with van der Waals surface area (Å²) in [7, 11) is 0. The van der Waals surface area contributed by atoms with E-state index in [0.29, 0.717) is 28.0 Å². The van der Waals surface area contributed by atoms with Crippen molar-refractivity contribution in [3.63, 3.8) is 0 Å². The summed E-state index contributed by atoms with van der Waals surface area (Å²) in [5, 5.41) is 14.8. The number of nitriles is 1. The van der Waals surface area contributed by atoms with Gasteiger partial charge in [0.1, 0.15) is 16.8 Å². The Balaban J connectivity index is 2.44. The molecule has 0 spiro atoms. The second kappa shape index (κ2) is 5.47. The largest absolute Gasteiger partial charge is 0.248 e. The van der Waals surface area contributed by atoms with Gasteiger partial charge in [0.2, 0.25) is 0 Å². The maximum Gasteiger partial charge on any atom is 0.145 e. The fraction of sp³-hybridized carbons (Fsp3) is 0.333. The Morgan fingerprint density at radius 1 is 1.30 bits per heavy atom. The third-order valence-electron chi connectivity index (χ3n) is 2.93. The van der Waals surface area contributed by atoms with Gasteiger partial charge in [-0.15, -0.1) is 0 Å². The first-order valence-electron chi connectivity index (χ1n) is 6.24. The van der Waals surface area contributed by atoms with E-state index in [1.807, 2.05) is 45.0 Å². The van der Waals surface area contributed by atoms with Crippen molar-refractivity contribution in [1.29, 1.82) is 5.26 Å². The lowest BCUT2D eigenvalue weighted by atomic mass is 9.90. The Bertz CT molecular complexity index is 675. The van der Waals surface area contributed by atoms with Gasteiger partial charge in [0, 0.05) is 10.4 Å². The van der Waals surface area contributed by atoms with Crippen molar-refractivity contribution in [2.45, 2.75) is 32.7 Å². The molecule has 2 rings (SSSR count). The number of rotatable bonds is 2. The van der Waals surface area contributed by atoms with Crippen LogP contribution in [0.3, 0.4) is 0 Å². The molecule has 0 fully saturated rings. The Kier molecular flexibility index (Phi) is 4.08. The number of hydrogen-bond acceptors (Lipinski definition) is 2. The second-order valence-corrected chi connectivity index (χ2v) is 6.46. The molecule has 1 heterocycles. The van der Waals surface area contributed by atoms with Crippen molar-refractivity contribution in [1.82, 2.24) is 9.78 Å². The van der Waals surface area contributed by atoms with E-state index in [-0.39, 0.29) is 5.41 Å². The van der Waals surface area contributed by atoms with E-state index in [1.54, 1.807) is 4.68 Å². The normalized spacial score (nSPS) is 11.4. The molecule has 0 saturated heterocycles. The molecule has 0 N–H and O–H groups in total. The van der Waals surface area contributed by atoms with Crippen molar-refractivity contribution < 1.29 is 0 Å². The maximum atomic E-state index is 9.28. The number of benzene rings is 1. The first-order chi connectivity index (χ1) is 9.32. The van der Waals surface area contributed by atoms with Crippen LogP contribution in [0.25, 0.3) is 0 Å². The average Bonchev–Trinajstić information content (AvgIpc) is 2.66. The molecule has 5 heteroatoms. The standard InChI is InChI=1S/C15H15Cl2N3/c1-15(2,3)13-12(8-18)14(17)20(19-13)9-10-5-4-6-11(16)7-10/h4-7H,9H2,1-3H3. The molecular formula is C15H15Cl2N3. The summed E-state index contributed by atoms with van der Waals surface area (Å²) in [6.07, 6.45) is 0. The summed E-state index contributed by atoms with van der Waals surface area (Å²) < 4.78 is 1.65. The molecule has 0 aliphatic carbocycles. The van der Waals surface area contributed by atoms with Gasteiger partial charge in [-0.2, -0.15) is 10.4 Å². The first-order valence-corrected chi connectivity index (χ1v) is 7.00. The minimum absolute atomic E-state index is 0.228. The number of halogens is 2. The lowest BCUT2D eigenvalue weighted by Crippen LogP contribution is -2.14. The molecule has 20 heavy (non-hydrogen) atoms. The van der Waals surface area contributed by atoms with Gasteiger partial charge < -0.3 is 0 Å². The molecule has 0 aliphatic rings. The highest BCUT2D eigenvalue weighted by molar-refractivity contribution is 6.31. The monoisotopic (exact) mass is 307 g/mol. The third kappa shape index (κ3) is 2.98. The SMILES string of the molecule is CC(C)(C)c1nn(Cc2cccc(Cl)c2)c(Cl)c1C#N. The molecule has 1 aromatic carbocycles. The molecule has 104 valence electrons. The molecule has 0 bridgehead atoms. The topological polar surface area (TPSA) is 41.6 Å². The van der Waals surface area contributed by atoms with Gasteiger partial charge in [0.05, 0.1) is 12.2 Å². The Hall–Kier alpha value is -1.50. The van der Waals surface area contributed by atoms with Crippen molar-refractivity contribution in [2.24, 2.45) is 0 Å². The molecule has 0 radical (unpaired) electrons. The number of nitrogens with zero attached hydrogens (tertiary/aromatic N) is 3. The fourth-order valence-corrected chi connectivity index (χ4v) is 2.42. The van der Waals surface area contributed by atoms with Crippen LogP contribution >= 0.6 is 23.2 Å². The highest BCUT2D eigenvalue weighted by Gasteiger charge is 2.26. The summed E-state index contributed by atoms with van der Waals surface area (Å²) in [6.45, 7) is 6.52. The minimum atomic E-state index is -0.228. The highest BCUT2D eigenvalue weighted by Crippen LogP contribution is 2.29. The summed E-state index contributed by atoms with van der Waals surface area (Å²) in [6, 6.07) is 9.66. The zero-order chi connectivity index (χ0) is 14.9. The van der Waals surface area contributed by atoms with Crippen LogP contribution < -0.4 is 0 Å². The smallest absolute Gasteiger partial charge is 0.145 e. The average molecular weight is 308 g/mol. The van der Waals surface area contributed by atoms with Crippen LogP contribution in [-0.4, -0.2) is 9.78 Å². The zero-order valence-corrected chi connectivity index (χ0v) is 13.1. The maximum absolute atomic E-state index is 9.28. The van der Waals surface area contributed by atoms with Gasteiger partial charge in [-0.3, -0.25) is 0 Å². The number of aromatic nitrogens is 2. The van der Waals surface area contributed by atoms with Gasteiger partial charge in [-0.05, 0) is 17.7 Å². The molecule has 0 atom stereocenters. The molecule has 2 aromatic rings. The predicted molar refractivity (Wildman–Crippen MR) is 81.2 cm³/mol. The van der Waals surface area contributed by atoms with E-state index in [0.717, 1.165) is 5.56 Å². The van der Waals surface area contributed by atoms with Crippen molar-refractivity contribution in [2.75, 3.05) is 0 Å². The third-order valence-corrected chi connectivity index (χ3v) is 3.55. The van der Waals surface area contributed by atoms with Crippen LogP contribution in [0, 0.1) is 11.3 Å². The Morgan fingerprint density at radius 3 is 2.50 bits per heavy atom. The summed E-state index contributed by atoms with van der Waals surface area (Å²) in [4.78, 5) is 0. The van der Waals surface area contributed by atoms with Crippen LogP contribution in [0.5, 0.6) is 0 Å². The van der Waals surface area contributed by atoms with Crippen LogP contribution in [-0.2, 0) is 12.0 Å². The van der Waals surface area contributed by atoms with Gasteiger partial charge in [0.25, 0.3) is 0 Å². The van der Waals surface area contributed by atoms with Gasteiger partial charge in [0.15, 0.2) is 0 Å². The lowest BCUT2D eigenvalue weighted by Gasteiger charge is -2.15. The number of hydrogen-bond donors (Lipinski definition) is 0. The Morgan fingerprint density at radius 2 is 2.00 bits per heavy atom. The van der Waals surface area contributed by atoms with E-state index >= 15 is 0 Å². The molecule has 3 nitrogen and oxygen atoms in total. The summed E-state index contributed by atoms with van der Waals surface area (Å²) in [5.74, 6) is 0. The van der Waals surface area contributed by atoms with Crippen molar-refractivity contribution in [3.8, 4) is 6.07 Å². The van der Waals surface area contributed by atoms with E-state index in [4.69, 9.17) is 23.2 Å². The van der Waals surface area contributed by atoms with Crippen LogP contribution in [0.1, 0.15) is 37.6 Å². The molecule has 0 aliphatic heterocycles. The molecular weight excluding hydrogens is 293 g/mol. The van der Waals surface area contributed by atoms with Gasteiger partial charge in [-0.25, -0.2) is 4.68 Å². The minimum Gasteiger partial charge on any atom is -0.248 e. The first kappa shape index (κ1) is 14.9. The highest BCUT2D eigenvalue weighted by atomic mass is 35.5. The van der Waals surface area contributed by atoms with Gasteiger partial charge >= 0.3 is 0 Å². The second-order valence-electron chi connectivity index (χ2n) is 5.66. The molecule has 0 saturated carbocycles. The lowest BCUT2D eigenvalue weighted by molar-refractivity contribution is 0.544. The van der Waals surface area contributed by atoms with Crippen LogP contribution in [0.4, 0.5) is 0 Å². The quantitative estimate of drug-likeness (QED) is 0.824. The molecule has 0 unspecified atom stereocenters.